The first kappa shape index (κ1) is 42.5. The summed E-state index contributed by atoms with van der Waals surface area (Å²) < 4.78 is 9.96. The van der Waals surface area contributed by atoms with Gasteiger partial charge in [0.2, 0.25) is 0 Å². The van der Waals surface area contributed by atoms with E-state index in [9.17, 15) is 5.11 Å². The Morgan fingerprint density at radius 3 is 2.00 bits per heavy atom. The zero-order chi connectivity index (χ0) is 43.3. The molecule has 0 atom stereocenters. The van der Waals surface area contributed by atoms with Crippen LogP contribution in [-0.2, 0) is 37.3 Å². The van der Waals surface area contributed by atoms with Crippen molar-refractivity contribution in [1.29, 1.82) is 0 Å². The summed E-state index contributed by atoms with van der Waals surface area (Å²) in [5, 5.41) is 15.4. The molecular formula is C56H50N3O2PtS-. The van der Waals surface area contributed by atoms with E-state index in [1.165, 1.54) is 5.56 Å². The Balaban J connectivity index is 0.00000504. The van der Waals surface area contributed by atoms with Crippen LogP contribution in [-0.4, -0.2) is 19.6 Å². The van der Waals surface area contributed by atoms with E-state index in [0.29, 0.717) is 11.4 Å². The van der Waals surface area contributed by atoms with E-state index in [-0.39, 0.29) is 43.1 Å². The Morgan fingerprint density at radius 2 is 1.32 bits per heavy atom. The first-order valence-corrected chi connectivity index (χ1v) is 22.2. The molecule has 0 saturated heterocycles. The van der Waals surface area contributed by atoms with Crippen LogP contribution in [0.4, 0.5) is 0 Å². The minimum absolute atomic E-state index is 0. The van der Waals surface area contributed by atoms with Gasteiger partial charge in [0.1, 0.15) is 16.5 Å². The Bertz CT molecular complexity index is 3360. The number of phenols is 1. The molecule has 0 aliphatic heterocycles. The van der Waals surface area contributed by atoms with Gasteiger partial charge in [0.25, 0.3) is 0 Å². The maximum atomic E-state index is 12.5. The molecule has 4 aromatic heterocycles. The molecule has 0 amide bonds. The number of rotatable bonds is 5. The molecule has 63 heavy (non-hydrogen) atoms. The maximum Gasteiger partial charge on any atom is 0.149 e. The average molecular weight is 1020 g/mol. The van der Waals surface area contributed by atoms with Crippen molar-refractivity contribution >= 4 is 53.7 Å². The fourth-order valence-corrected chi connectivity index (χ4v) is 9.75. The molecule has 0 aliphatic carbocycles. The fourth-order valence-electron chi connectivity index (χ4n) is 8.67. The van der Waals surface area contributed by atoms with Crippen LogP contribution in [0, 0.1) is 6.07 Å². The van der Waals surface area contributed by atoms with Crippen molar-refractivity contribution in [2.24, 2.45) is 0 Å². The minimum Gasteiger partial charge on any atom is -0.507 e. The number of aromatic hydroxyl groups is 1. The molecule has 1 N–H and O–H groups in total. The van der Waals surface area contributed by atoms with Gasteiger partial charge in [0.05, 0.1) is 27.9 Å². The van der Waals surface area contributed by atoms with Crippen molar-refractivity contribution in [1.82, 2.24) is 14.5 Å². The molecule has 7 heteroatoms. The van der Waals surface area contributed by atoms with Gasteiger partial charge in [-0.1, -0.05) is 158 Å². The van der Waals surface area contributed by atoms with Crippen molar-refractivity contribution in [2.45, 2.75) is 78.6 Å². The van der Waals surface area contributed by atoms with Crippen LogP contribution in [0.2, 0.25) is 0 Å². The van der Waals surface area contributed by atoms with Crippen molar-refractivity contribution < 1.29 is 30.6 Å². The van der Waals surface area contributed by atoms with Crippen LogP contribution < -0.4 is 0 Å². The number of fused-ring (bicyclic) bond motifs is 7. The number of phenolic OH excluding ortho intramolecular Hbond substituents is 1. The van der Waals surface area contributed by atoms with Crippen molar-refractivity contribution in [3.63, 3.8) is 0 Å². The molecule has 6 aromatic carbocycles. The smallest absolute Gasteiger partial charge is 0.149 e. The molecule has 5 nitrogen and oxygen atoms in total. The Kier molecular flexibility index (Phi) is 10.4. The normalized spacial score (nSPS) is 12.5. The molecule has 10 aromatic rings. The summed E-state index contributed by atoms with van der Waals surface area (Å²) in [6, 6.07) is 48.5. The molecule has 0 unspecified atom stereocenters. The fraction of sp³-hybridized carbons (Fsp3) is 0.214. The molecule has 0 spiro atoms. The molecule has 10 rings (SSSR count). The summed E-state index contributed by atoms with van der Waals surface area (Å²) in [6.45, 7) is 19.9. The summed E-state index contributed by atoms with van der Waals surface area (Å²) in [7, 11) is 0. The first-order valence-electron chi connectivity index (χ1n) is 21.4. The number of aromatic nitrogens is 3. The van der Waals surface area contributed by atoms with Gasteiger partial charge >= 0.3 is 0 Å². The van der Waals surface area contributed by atoms with Gasteiger partial charge in [-0.2, -0.15) is 0 Å². The van der Waals surface area contributed by atoms with Gasteiger partial charge in [0, 0.05) is 48.8 Å². The van der Waals surface area contributed by atoms with E-state index in [0.717, 1.165) is 92.7 Å². The van der Waals surface area contributed by atoms with E-state index in [1.807, 2.05) is 30.5 Å². The van der Waals surface area contributed by atoms with Crippen LogP contribution in [0.5, 0.6) is 5.75 Å². The van der Waals surface area contributed by atoms with Crippen LogP contribution in [0.15, 0.2) is 138 Å². The van der Waals surface area contributed by atoms with Crippen LogP contribution in [0.25, 0.3) is 93.0 Å². The van der Waals surface area contributed by atoms with E-state index in [4.69, 9.17) is 14.4 Å². The van der Waals surface area contributed by atoms with E-state index >= 15 is 0 Å². The molecule has 0 radical (unpaired) electrons. The van der Waals surface area contributed by atoms with Gasteiger partial charge < -0.3 is 9.52 Å². The zero-order valence-corrected chi connectivity index (χ0v) is 40.2. The van der Waals surface area contributed by atoms with Gasteiger partial charge in [-0.05, 0) is 91.2 Å². The number of pyridine rings is 1. The summed E-state index contributed by atoms with van der Waals surface area (Å²) in [5.41, 5.74) is 13.1. The van der Waals surface area contributed by atoms with E-state index in [2.05, 4.69) is 176 Å². The number of nitrogens with zero attached hydrogens (tertiary/aromatic N) is 3. The number of benzene rings is 6. The number of hydrogen-bond acceptors (Lipinski definition) is 5. The molecule has 0 bridgehead atoms. The van der Waals surface area contributed by atoms with Crippen molar-refractivity contribution in [2.75, 3.05) is 0 Å². The first-order chi connectivity index (χ1) is 29.5. The van der Waals surface area contributed by atoms with E-state index < -0.39 is 0 Å². The van der Waals surface area contributed by atoms with Gasteiger partial charge in [0.15, 0.2) is 0 Å². The summed E-state index contributed by atoms with van der Waals surface area (Å²) >= 11 is 1.63. The topological polar surface area (TPSA) is 64.1 Å². The molecular weight excluding hydrogens is 974 g/mol. The second kappa shape index (κ2) is 15.5. The Hall–Kier alpha value is -5.81. The van der Waals surface area contributed by atoms with Crippen molar-refractivity contribution in [3.05, 3.63) is 156 Å². The van der Waals surface area contributed by atoms with Crippen LogP contribution in [0.3, 0.4) is 0 Å². The van der Waals surface area contributed by atoms with Crippen LogP contribution >= 0.6 is 11.3 Å². The van der Waals surface area contributed by atoms with Gasteiger partial charge in [-0.3, -0.25) is 9.55 Å². The zero-order valence-electron chi connectivity index (χ0n) is 37.1. The predicted molar refractivity (Wildman–Crippen MR) is 260 cm³/mol. The molecule has 0 aliphatic rings. The molecule has 0 saturated carbocycles. The summed E-state index contributed by atoms with van der Waals surface area (Å²) in [5.74, 6) is 0.930. The molecule has 4 heterocycles. The number of hydrogen-bond donors (Lipinski definition) is 1. The minimum atomic E-state index is -0.327. The number of thiophene rings is 1. The Labute approximate surface area is 387 Å². The third-order valence-corrected chi connectivity index (χ3v) is 13.2. The van der Waals surface area contributed by atoms with Crippen LogP contribution in [0.1, 0.15) is 79.0 Å². The third kappa shape index (κ3) is 7.41. The van der Waals surface area contributed by atoms with Gasteiger partial charge in [-0.25, -0.2) is 4.98 Å². The molecule has 318 valence electrons. The second-order valence-electron chi connectivity index (χ2n) is 19.6. The molecule has 0 fully saturated rings. The largest absolute Gasteiger partial charge is 0.507 e. The van der Waals surface area contributed by atoms with Gasteiger partial charge in [-0.15, -0.1) is 23.5 Å². The summed E-state index contributed by atoms with van der Waals surface area (Å²) in [6.07, 6.45) is 1.87. The second-order valence-corrected chi connectivity index (χ2v) is 20.6. The van der Waals surface area contributed by atoms with E-state index in [1.54, 1.807) is 11.3 Å². The monoisotopic (exact) mass is 1020 g/mol. The third-order valence-electron chi connectivity index (χ3n) is 12.2. The number of imidazole rings is 1. The van der Waals surface area contributed by atoms with Crippen molar-refractivity contribution in [3.8, 4) is 56.3 Å². The quantitative estimate of drug-likeness (QED) is 0.175. The SMILES string of the molecule is CC(C)(C)c1ccc(-n2c(-c3cc(C(C)(C)C)cc(C(C)(C)C)c3O)nc3c4c(ccc32)sc2oc3ccc(-c5cc(-c6ccccc6)ccn5)[c-]c3c24)c(-c2ccccc2)c1.[Pt]. The maximum absolute atomic E-state index is 12.5. The number of furan rings is 1. The Morgan fingerprint density at radius 1 is 0.635 bits per heavy atom. The predicted octanol–water partition coefficient (Wildman–Crippen LogP) is 15.6. The summed E-state index contributed by atoms with van der Waals surface area (Å²) in [4.78, 5) is 11.3. The average Bonchev–Trinajstić information content (AvgIpc) is 3.92. The standard InChI is InChI=1S/C56H50N3O2S.Pt/c1-54(2,3)37-21-22-44(39(30-37)34-18-14-11-15-19-34)59-45-23-25-47-49(50(45)58-52(59)41-31-38(55(4,5)6)32-42(51(41)60)56(7,8)9)48-40-28-36(20-24-46(40)61-53(48)62-47)43-29-35(26-27-57-43)33-16-12-10-13-17-33;/h10-27,29-32,60H,1-9H3;/q-1;.